The number of halogens is 3. The van der Waals surface area contributed by atoms with E-state index in [1.165, 1.54) is 31.7 Å². The van der Waals surface area contributed by atoms with E-state index in [-0.39, 0.29) is 23.3 Å². The van der Waals surface area contributed by atoms with Crippen molar-refractivity contribution < 1.29 is 17.7 Å². The quantitative estimate of drug-likeness (QED) is 0.259. The number of aryl methyl sites for hydroxylation is 1. The third kappa shape index (κ3) is 6.23. The molecule has 0 bridgehead atoms. The molecule has 0 amide bonds. The lowest BCUT2D eigenvalue weighted by Crippen LogP contribution is -2.51. The number of nitrogens with two attached hydrogens (primary N) is 1. The van der Waals surface area contributed by atoms with Gasteiger partial charge in [-0.25, -0.2) is 0 Å². The second kappa shape index (κ2) is 10.8. The van der Waals surface area contributed by atoms with Crippen molar-refractivity contribution in [2.24, 2.45) is 5.73 Å². The molecule has 1 aromatic carbocycles. The van der Waals surface area contributed by atoms with Crippen LogP contribution in [0.15, 0.2) is 22.7 Å². The van der Waals surface area contributed by atoms with Gasteiger partial charge in [0.05, 0.1) is 11.5 Å². The zero-order chi connectivity index (χ0) is 23.1. The smallest absolute Gasteiger partial charge is 0.370 e. The van der Waals surface area contributed by atoms with Crippen molar-refractivity contribution in [3.63, 3.8) is 0 Å². The maximum Gasteiger partial charge on any atom is 0.416 e. The Bertz CT molecular complexity index is 890. The summed E-state index contributed by atoms with van der Waals surface area (Å²) in [5.74, 6) is 0.408. The number of guanidine groups is 1. The van der Waals surface area contributed by atoms with Gasteiger partial charge in [0, 0.05) is 18.7 Å². The van der Waals surface area contributed by atoms with Crippen LogP contribution in [0.4, 0.5) is 13.2 Å². The summed E-state index contributed by atoms with van der Waals surface area (Å²) in [5, 5.41) is 11.3. The first-order chi connectivity index (χ1) is 15.3. The van der Waals surface area contributed by atoms with E-state index in [1.54, 1.807) is 11.0 Å². The van der Waals surface area contributed by atoms with Gasteiger partial charge < -0.3 is 15.2 Å². The molecular weight excluding hydrogens is 419 g/mol. The van der Waals surface area contributed by atoms with Crippen molar-refractivity contribution in [2.75, 3.05) is 13.1 Å². The third-order valence-corrected chi connectivity index (χ3v) is 5.99. The first kappa shape index (κ1) is 24.1. The second-order valence-corrected chi connectivity index (χ2v) is 8.54. The van der Waals surface area contributed by atoms with Crippen LogP contribution in [0.2, 0.25) is 0 Å². The van der Waals surface area contributed by atoms with Gasteiger partial charge in [0.15, 0.2) is 5.96 Å². The fourth-order valence-corrected chi connectivity index (χ4v) is 4.00. The molecule has 3 N–H and O–H groups in total. The van der Waals surface area contributed by atoms with Gasteiger partial charge in [-0.1, -0.05) is 69.2 Å². The lowest BCUT2D eigenvalue weighted by Gasteiger charge is -2.37. The molecule has 0 spiro atoms. The monoisotopic (exact) mass is 451 g/mol. The summed E-state index contributed by atoms with van der Waals surface area (Å²) in [6.07, 6.45) is 4.78. The highest BCUT2D eigenvalue weighted by Crippen LogP contribution is 2.36. The van der Waals surface area contributed by atoms with Crippen molar-refractivity contribution in [1.82, 2.24) is 15.0 Å². The normalized spacial score (nSPS) is 14.6. The minimum atomic E-state index is -4.44. The Kier molecular flexibility index (Phi) is 8.15. The summed E-state index contributed by atoms with van der Waals surface area (Å²) in [6, 6.07) is 4.29. The highest BCUT2D eigenvalue weighted by Gasteiger charge is 2.35. The topological polar surface area (TPSA) is 92.0 Å². The molecule has 0 radical (unpaired) electrons. The van der Waals surface area contributed by atoms with Crippen LogP contribution >= 0.6 is 0 Å². The third-order valence-electron chi connectivity index (χ3n) is 5.99. The number of nitrogens with one attached hydrogen (secondary N) is 1. The van der Waals surface area contributed by atoms with Gasteiger partial charge in [0.2, 0.25) is 11.7 Å². The number of unbranched alkanes of at least 4 members (excludes halogenated alkanes) is 7. The maximum atomic E-state index is 13.7. The molecule has 2 heterocycles. The average molecular weight is 452 g/mol. The number of hydrogen-bond acceptors (Lipinski definition) is 4. The predicted octanol–water partition coefficient (Wildman–Crippen LogP) is 5.73. The molecule has 1 fully saturated rings. The molecule has 32 heavy (non-hydrogen) atoms. The first-order valence-electron chi connectivity index (χ1n) is 11.4. The molecule has 1 aliphatic heterocycles. The number of benzene rings is 1. The second-order valence-electron chi connectivity index (χ2n) is 8.54. The number of aromatic nitrogens is 2. The first-order valence-corrected chi connectivity index (χ1v) is 11.4. The predicted molar refractivity (Wildman–Crippen MR) is 117 cm³/mol. The Morgan fingerprint density at radius 2 is 1.78 bits per heavy atom. The van der Waals surface area contributed by atoms with E-state index in [0.717, 1.165) is 31.7 Å². The Morgan fingerprint density at radius 3 is 2.41 bits per heavy atom. The van der Waals surface area contributed by atoms with Gasteiger partial charge in [-0.3, -0.25) is 5.41 Å². The zero-order valence-electron chi connectivity index (χ0n) is 18.5. The maximum absolute atomic E-state index is 13.7. The van der Waals surface area contributed by atoms with Gasteiger partial charge in [0.25, 0.3) is 0 Å². The summed E-state index contributed by atoms with van der Waals surface area (Å²) < 4.78 is 46.4. The molecule has 0 unspecified atom stereocenters. The van der Waals surface area contributed by atoms with E-state index < -0.39 is 11.7 Å². The molecule has 0 saturated carbocycles. The van der Waals surface area contributed by atoms with Gasteiger partial charge in [-0.15, -0.1) is 0 Å². The Hall–Kier alpha value is -2.58. The summed E-state index contributed by atoms with van der Waals surface area (Å²) in [6.45, 7) is 3.16. The van der Waals surface area contributed by atoms with Crippen molar-refractivity contribution in [2.45, 2.75) is 76.8 Å². The average Bonchev–Trinajstić information content (AvgIpc) is 3.17. The summed E-state index contributed by atoms with van der Waals surface area (Å²) in [4.78, 5) is 5.93. The van der Waals surface area contributed by atoms with E-state index in [1.807, 2.05) is 0 Å². The molecule has 1 aromatic heterocycles. The van der Waals surface area contributed by atoms with E-state index in [4.69, 9.17) is 15.7 Å². The van der Waals surface area contributed by atoms with Gasteiger partial charge in [-0.05, 0) is 24.5 Å². The number of nitrogens with zero attached hydrogens (tertiary/aromatic N) is 3. The molecule has 9 heteroatoms. The van der Waals surface area contributed by atoms with E-state index in [0.29, 0.717) is 31.0 Å². The standard InChI is InChI=1S/C23H32F3N5O/c1-2-3-4-5-6-7-8-9-10-16-11-12-17(13-19(16)23(24,25)26)20-29-21(32-30-20)18-14-31(15-18)22(27)28/h11-13,18H,2-10,14-15H2,1H3,(H3,27,28). The Morgan fingerprint density at radius 1 is 1.12 bits per heavy atom. The van der Waals surface area contributed by atoms with Crippen LogP contribution in [0.5, 0.6) is 0 Å². The SMILES string of the molecule is CCCCCCCCCCc1ccc(-c2noc(C3CN(C(=N)N)C3)n2)cc1C(F)(F)F. The molecule has 0 aliphatic carbocycles. The minimum absolute atomic E-state index is 0.0251. The largest absolute Gasteiger partial charge is 0.416 e. The minimum Gasteiger partial charge on any atom is -0.370 e. The Labute approximate surface area is 186 Å². The zero-order valence-corrected chi connectivity index (χ0v) is 18.5. The summed E-state index contributed by atoms with van der Waals surface area (Å²) >= 11 is 0. The fourth-order valence-electron chi connectivity index (χ4n) is 4.00. The van der Waals surface area contributed by atoms with Crippen LogP contribution in [0, 0.1) is 5.41 Å². The number of alkyl halides is 3. The van der Waals surface area contributed by atoms with Crippen LogP contribution in [0.3, 0.4) is 0 Å². The summed E-state index contributed by atoms with van der Waals surface area (Å²) in [5.41, 5.74) is 5.39. The number of likely N-dealkylation sites (tertiary alicyclic amines) is 1. The van der Waals surface area contributed by atoms with Crippen LogP contribution < -0.4 is 5.73 Å². The van der Waals surface area contributed by atoms with Gasteiger partial charge in [0.1, 0.15) is 0 Å². The van der Waals surface area contributed by atoms with E-state index >= 15 is 0 Å². The van der Waals surface area contributed by atoms with Gasteiger partial charge >= 0.3 is 6.18 Å². The molecule has 3 rings (SSSR count). The van der Waals surface area contributed by atoms with Crippen molar-refractivity contribution in [3.8, 4) is 11.4 Å². The molecule has 1 aliphatic rings. The highest BCUT2D eigenvalue weighted by atomic mass is 19.4. The summed E-state index contributed by atoms with van der Waals surface area (Å²) in [7, 11) is 0. The van der Waals surface area contributed by atoms with Crippen molar-refractivity contribution in [3.05, 3.63) is 35.2 Å². The molecular formula is C23H32F3N5O. The van der Waals surface area contributed by atoms with Crippen LogP contribution in [-0.4, -0.2) is 34.1 Å². The number of rotatable bonds is 11. The number of hydrogen-bond donors (Lipinski definition) is 2. The fraction of sp³-hybridized carbons (Fsp3) is 0.609. The molecule has 2 aromatic rings. The van der Waals surface area contributed by atoms with Crippen molar-refractivity contribution >= 4 is 5.96 Å². The van der Waals surface area contributed by atoms with Crippen LogP contribution in [0.1, 0.15) is 81.2 Å². The van der Waals surface area contributed by atoms with Crippen LogP contribution in [-0.2, 0) is 12.6 Å². The van der Waals surface area contributed by atoms with Crippen molar-refractivity contribution in [1.29, 1.82) is 5.41 Å². The molecule has 6 nitrogen and oxygen atoms in total. The molecule has 0 atom stereocenters. The molecule has 176 valence electrons. The lowest BCUT2D eigenvalue weighted by atomic mass is 9.97. The van der Waals surface area contributed by atoms with Crippen LogP contribution in [0.25, 0.3) is 11.4 Å². The molecule has 1 saturated heterocycles. The Balaban J connectivity index is 1.60. The van der Waals surface area contributed by atoms with E-state index in [2.05, 4.69) is 17.1 Å². The van der Waals surface area contributed by atoms with E-state index in [9.17, 15) is 13.2 Å². The van der Waals surface area contributed by atoms with Gasteiger partial charge in [-0.2, -0.15) is 18.2 Å². The lowest BCUT2D eigenvalue weighted by molar-refractivity contribution is -0.138. The highest BCUT2D eigenvalue weighted by molar-refractivity contribution is 5.75.